The SMILES string of the molecule is CCC(Oc1ccccc1Cl)C(=O)NCC(C)CCO. The van der Waals surface area contributed by atoms with Crippen LogP contribution in [0, 0.1) is 5.92 Å². The standard InChI is InChI=1S/C15H22ClNO3/c1-3-13(15(19)17-10-11(2)8-9-18)20-14-7-5-4-6-12(14)16/h4-7,11,13,18H,3,8-10H2,1-2H3,(H,17,19). The molecule has 0 aliphatic carbocycles. The molecule has 2 unspecified atom stereocenters. The molecule has 2 atom stereocenters. The van der Waals surface area contributed by atoms with Crippen LogP contribution >= 0.6 is 11.6 Å². The molecule has 1 aromatic carbocycles. The lowest BCUT2D eigenvalue weighted by molar-refractivity contribution is -0.128. The molecule has 0 saturated heterocycles. The molecule has 1 aromatic rings. The number of aliphatic hydroxyl groups excluding tert-OH is 1. The average molecular weight is 300 g/mol. The smallest absolute Gasteiger partial charge is 0.261 e. The number of aliphatic hydroxyl groups is 1. The highest BCUT2D eigenvalue weighted by atomic mass is 35.5. The lowest BCUT2D eigenvalue weighted by Gasteiger charge is -2.19. The number of carbonyl (C=O) groups is 1. The number of ether oxygens (including phenoxy) is 1. The molecule has 0 radical (unpaired) electrons. The second kappa shape index (κ2) is 8.82. The first kappa shape index (κ1) is 16.8. The molecule has 1 rings (SSSR count). The number of hydrogen-bond donors (Lipinski definition) is 2. The minimum absolute atomic E-state index is 0.129. The second-order valence-electron chi connectivity index (χ2n) is 4.81. The van der Waals surface area contributed by atoms with Crippen molar-refractivity contribution in [1.29, 1.82) is 0 Å². The van der Waals surface area contributed by atoms with Crippen molar-refractivity contribution in [3.05, 3.63) is 29.3 Å². The van der Waals surface area contributed by atoms with Gasteiger partial charge in [0.25, 0.3) is 5.91 Å². The van der Waals surface area contributed by atoms with Crippen LogP contribution in [-0.4, -0.2) is 30.3 Å². The fourth-order valence-corrected chi connectivity index (χ4v) is 1.91. The molecule has 0 aromatic heterocycles. The summed E-state index contributed by atoms with van der Waals surface area (Å²) in [4.78, 5) is 12.1. The molecule has 0 aliphatic rings. The molecule has 0 bridgehead atoms. The van der Waals surface area contributed by atoms with E-state index in [0.29, 0.717) is 30.2 Å². The first-order valence-corrected chi connectivity index (χ1v) is 7.26. The Morgan fingerprint density at radius 1 is 1.45 bits per heavy atom. The van der Waals surface area contributed by atoms with Crippen LogP contribution in [0.25, 0.3) is 0 Å². The molecule has 2 N–H and O–H groups in total. The highest BCUT2D eigenvalue weighted by Gasteiger charge is 2.19. The van der Waals surface area contributed by atoms with Crippen LogP contribution < -0.4 is 10.1 Å². The van der Waals surface area contributed by atoms with Gasteiger partial charge in [0.2, 0.25) is 0 Å². The van der Waals surface area contributed by atoms with Crippen LogP contribution in [-0.2, 0) is 4.79 Å². The zero-order valence-corrected chi connectivity index (χ0v) is 12.7. The predicted octanol–water partition coefficient (Wildman–Crippen LogP) is 2.63. The van der Waals surface area contributed by atoms with Gasteiger partial charge < -0.3 is 15.2 Å². The van der Waals surface area contributed by atoms with Crippen molar-refractivity contribution < 1.29 is 14.6 Å². The van der Waals surface area contributed by atoms with Crippen molar-refractivity contribution in [3.63, 3.8) is 0 Å². The van der Waals surface area contributed by atoms with Crippen molar-refractivity contribution in [1.82, 2.24) is 5.32 Å². The Morgan fingerprint density at radius 2 is 2.15 bits per heavy atom. The molecule has 112 valence electrons. The Morgan fingerprint density at radius 3 is 2.75 bits per heavy atom. The first-order valence-electron chi connectivity index (χ1n) is 6.88. The van der Waals surface area contributed by atoms with Crippen LogP contribution in [0.1, 0.15) is 26.7 Å². The molecule has 5 heteroatoms. The van der Waals surface area contributed by atoms with E-state index in [-0.39, 0.29) is 18.4 Å². The highest BCUT2D eigenvalue weighted by molar-refractivity contribution is 6.32. The summed E-state index contributed by atoms with van der Waals surface area (Å²) in [5.74, 6) is 0.596. The number of para-hydroxylation sites is 1. The van der Waals surface area contributed by atoms with Gasteiger partial charge in [-0.05, 0) is 30.9 Å². The van der Waals surface area contributed by atoms with Crippen molar-refractivity contribution >= 4 is 17.5 Å². The maximum Gasteiger partial charge on any atom is 0.261 e. The molecule has 0 aliphatic heterocycles. The minimum Gasteiger partial charge on any atom is -0.479 e. The van der Waals surface area contributed by atoms with E-state index in [4.69, 9.17) is 21.4 Å². The van der Waals surface area contributed by atoms with Crippen molar-refractivity contribution in [2.24, 2.45) is 5.92 Å². The van der Waals surface area contributed by atoms with Crippen molar-refractivity contribution in [2.45, 2.75) is 32.8 Å². The maximum atomic E-state index is 12.1. The van der Waals surface area contributed by atoms with Crippen LogP contribution in [0.4, 0.5) is 0 Å². The number of benzene rings is 1. The quantitative estimate of drug-likeness (QED) is 0.776. The summed E-state index contributed by atoms with van der Waals surface area (Å²) in [6.45, 7) is 4.52. The Balaban J connectivity index is 2.53. The number of amides is 1. The summed E-state index contributed by atoms with van der Waals surface area (Å²) >= 11 is 6.01. The van der Waals surface area contributed by atoms with Crippen molar-refractivity contribution in [2.75, 3.05) is 13.2 Å². The van der Waals surface area contributed by atoms with Gasteiger partial charge in [-0.2, -0.15) is 0 Å². The number of halogens is 1. The van der Waals surface area contributed by atoms with E-state index in [0.717, 1.165) is 0 Å². The monoisotopic (exact) mass is 299 g/mol. The fraction of sp³-hybridized carbons (Fsp3) is 0.533. The van der Waals surface area contributed by atoms with Gasteiger partial charge in [0.15, 0.2) is 6.10 Å². The third kappa shape index (κ3) is 5.39. The third-order valence-electron chi connectivity index (χ3n) is 3.02. The largest absolute Gasteiger partial charge is 0.479 e. The Hall–Kier alpha value is -1.26. The molecule has 1 amide bonds. The zero-order chi connectivity index (χ0) is 15.0. The highest BCUT2D eigenvalue weighted by Crippen LogP contribution is 2.24. The van der Waals surface area contributed by atoms with E-state index in [9.17, 15) is 4.79 Å². The van der Waals surface area contributed by atoms with Gasteiger partial charge in [0, 0.05) is 13.2 Å². The summed E-state index contributed by atoms with van der Waals surface area (Å²) in [5.41, 5.74) is 0. The Labute approximate surface area is 125 Å². The summed E-state index contributed by atoms with van der Waals surface area (Å²) < 4.78 is 5.66. The lowest BCUT2D eigenvalue weighted by atomic mass is 10.1. The number of nitrogens with one attached hydrogen (secondary N) is 1. The molecule has 20 heavy (non-hydrogen) atoms. The first-order chi connectivity index (χ1) is 9.58. The van der Waals surface area contributed by atoms with Gasteiger partial charge in [-0.3, -0.25) is 4.79 Å². The Bertz CT molecular complexity index is 425. The van der Waals surface area contributed by atoms with E-state index >= 15 is 0 Å². The van der Waals surface area contributed by atoms with E-state index < -0.39 is 6.10 Å². The number of carbonyl (C=O) groups excluding carboxylic acids is 1. The molecule has 0 saturated carbocycles. The van der Waals surface area contributed by atoms with Crippen LogP contribution in [0.3, 0.4) is 0 Å². The van der Waals surface area contributed by atoms with Gasteiger partial charge in [-0.15, -0.1) is 0 Å². The molecule has 0 fully saturated rings. The Kier molecular flexibility index (Phi) is 7.41. The van der Waals surface area contributed by atoms with E-state index in [2.05, 4.69) is 5.32 Å². The van der Waals surface area contributed by atoms with Gasteiger partial charge in [0.05, 0.1) is 5.02 Å². The molecular formula is C15H22ClNO3. The van der Waals surface area contributed by atoms with E-state index in [1.165, 1.54) is 0 Å². The second-order valence-corrected chi connectivity index (χ2v) is 5.21. The molecule has 4 nitrogen and oxygen atoms in total. The summed E-state index contributed by atoms with van der Waals surface area (Å²) in [5, 5.41) is 12.2. The van der Waals surface area contributed by atoms with Gasteiger partial charge in [0.1, 0.15) is 5.75 Å². The number of rotatable bonds is 8. The summed E-state index contributed by atoms with van der Waals surface area (Å²) in [6, 6.07) is 7.10. The van der Waals surface area contributed by atoms with Gasteiger partial charge in [-0.25, -0.2) is 0 Å². The minimum atomic E-state index is -0.559. The normalized spacial score (nSPS) is 13.6. The molecule has 0 heterocycles. The maximum absolute atomic E-state index is 12.1. The van der Waals surface area contributed by atoms with E-state index in [1.807, 2.05) is 26.0 Å². The topological polar surface area (TPSA) is 58.6 Å². The average Bonchev–Trinajstić information content (AvgIpc) is 2.44. The zero-order valence-electron chi connectivity index (χ0n) is 11.9. The van der Waals surface area contributed by atoms with Crippen LogP contribution in [0.5, 0.6) is 5.75 Å². The lowest BCUT2D eigenvalue weighted by Crippen LogP contribution is -2.40. The van der Waals surface area contributed by atoms with Crippen LogP contribution in [0.15, 0.2) is 24.3 Å². The predicted molar refractivity (Wildman–Crippen MR) is 80.0 cm³/mol. The fourth-order valence-electron chi connectivity index (χ4n) is 1.73. The molecule has 0 spiro atoms. The third-order valence-corrected chi connectivity index (χ3v) is 3.33. The van der Waals surface area contributed by atoms with Crippen molar-refractivity contribution in [3.8, 4) is 5.75 Å². The summed E-state index contributed by atoms with van der Waals surface area (Å²) in [7, 11) is 0. The van der Waals surface area contributed by atoms with Crippen LogP contribution in [0.2, 0.25) is 5.02 Å². The molecular weight excluding hydrogens is 278 g/mol. The summed E-state index contributed by atoms with van der Waals surface area (Å²) in [6.07, 6.45) is 0.671. The van der Waals surface area contributed by atoms with Gasteiger partial charge in [-0.1, -0.05) is 37.6 Å². The van der Waals surface area contributed by atoms with E-state index in [1.54, 1.807) is 12.1 Å². The van der Waals surface area contributed by atoms with Gasteiger partial charge >= 0.3 is 0 Å². The number of hydrogen-bond acceptors (Lipinski definition) is 3.